The standard InChI is InChI=1S/C13H19NO3/c1-3-14(13(17)5-4-8-15)12-9-11(16)7-6-10(12)2/h6-7,9,15-16H,3-5,8H2,1-2H3. The van der Waals surface area contributed by atoms with Gasteiger partial charge in [0.1, 0.15) is 5.75 Å². The third-order valence-corrected chi connectivity index (χ3v) is 2.65. The quantitative estimate of drug-likeness (QED) is 0.821. The first kappa shape index (κ1) is 13.5. The number of rotatable bonds is 5. The lowest BCUT2D eigenvalue weighted by Gasteiger charge is -2.23. The first-order valence-corrected chi connectivity index (χ1v) is 5.81. The lowest BCUT2D eigenvalue weighted by molar-refractivity contribution is -0.118. The van der Waals surface area contributed by atoms with Crippen LogP contribution >= 0.6 is 0 Å². The van der Waals surface area contributed by atoms with Crippen LogP contribution in [0.4, 0.5) is 5.69 Å². The molecule has 0 saturated carbocycles. The molecule has 4 nitrogen and oxygen atoms in total. The van der Waals surface area contributed by atoms with Crippen LogP contribution in [-0.4, -0.2) is 29.3 Å². The number of phenolic OH excluding ortho intramolecular Hbond substituents is 1. The molecule has 17 heavy (non-hydrogen) atoms. The first-order valence-electron chi connectivity index (χ1n) is 5.81. The highest BCUT2D eigenvalue weighted by Crippen LogP contribution is 2.25. The lowest BCUT2D eigenvalue weighted by Crippen LogP contribution is -2.31. The van der Waals surface area contributed by atoms with Gasteiger partial charge >= 0.3 is 0 Å². The number of phenols is 1. The van der Waals surface area contributed by atoms with Crippen LogP contribution in [-0.2, 0) is 4.79 Å². The molecule has 1 aromatic rings. The summed E-state index contributed by atoms with van der Waals surface area (Å²) in [6.45, 7) is 4.36. The number of carbonyl (C=O) groups excluding carboxylic acids is 1. The van der Waals surface area contributed by atoms with E-state index in [1.165, 1.54) is 0 Å². The maximum absolute atomic E-state index is 11.9. The van der Waals surface area contributed by atoms with Crippen LogP contribution in [0.5, 0.6) is 5.75 Å². The molecular formula is C13H19NO3. The van der Waals surface area contributed by atoms with Crippen LogP contribution in [0.1, 0.15) is 25.3 Å². The van der Waals surface area contributed by atoms with Crippen LogP contribution in [0, 0.1) is 6.92 Å². The Bertz CT molecular complexity index is 390. The number of nitrogens with zero attached hydrogens (tertiary/aromatic N) is 1. The fourth-order valence-corrected chi connectivity index (χ4v) is 1.73. The van der Waals surface area contributed by atoms with Gasteiger partial charge in [0.15, 0.2) is 0 Å². The van der Waals surface area contributed by atoms with Gasteiger partial charge in [0, 0.05) is 25.6 Å². The van der Waals surface area contributed by atoms with Gasteiger partial charge in [0.05, 0.1) is 5.69 Å². The Morgan fingerprint density at radius 2 is 2.12 bits per heavy atom. The van der Waals surface area contributed by atoms with E-state index in [-0.39, 0.29) is 18.3 Å². The van der Waals surface area contributed by atoms with E-state index in [1.54, 1.807) is 23.1 Å². The zero-order valence-electron chi connectivity index (χ0n) is 10.3. The fourth-order valence-electron chi connectivity index (χ4n) is 1.73. The third kappa shape index (κ3) is 3.46. The van der Waals surface area contributed by atoms with Crippen molar-refractivity contribution >= 4 is 11.6 Å². The second-order valence-corrected chi connectivity index (χ2v) is 3.94. The van der Waals surface area contributed by atoms with E-state index in [9.17, 15) is 9.90 Å². The Labute approximate surface area is 101 Å². The number of aliphatic hydroxyl groups is 1. The Kier molecular flexibility index (Phi) is 4.97. The predicted molar refractivity (Wildman–Crippen MR) is 67.2 cm³/mol. The van der Waals surface area contributed by atoms with E-state index >= 15 is 0 Å². The largest absolute Gasteiger partial charge is 0.508 e. The van der Waals surface area contributed by atoms with Crippen LogP contribution in [0.25, 0.3) is 0 Å². The van der Waals surface area contributed by atoms with Crippen molar-refractivity contribution in [2.75, 3.05) is 18.1 Å². The van der Waals surface area contributed by atoms with Crippen LogP contribution < -0.4 is 4.90 Å². The first-order chi connectivity index (χ1) is 8.10. The Morgan fingerprint density at radius 1 is 1.41 bits per heavy atom. The number of benzene rings is 1. The summed E-state index contributed by atoms with van der Waals surface area (Å²) in [6.07, 6.45) is 0.784. The smallest absolute Gasteiger partial charge is 0.227 e. The number of anilines is 1. The highest BCUT2D eigenvalue weighted by atomic mass is 16.3. The average Bonchev–Trinajstić information content (AvgIpc) is 2.32. The van der Waals surface area contributed by atoms with Gasteiger partial charge in [-0.05, 0) is 31.9 Å². The van der Waals surface area contributed by atoms with E-state index in [2.05, 4.69) is 0 Å². The van der Waals surface area contributed by atoms with Crippen molar-refractivity contribution in [1.82, 2.24) is 0 Å². The Balaban J connectivity index is 2.92. The predicted octanol–water partition coefficient (Wildman–Crippen LogP) is 1.83. The highest BCUT2D eigenvalue weighted by Gasteiger charge is 2.15. The number of amides is 1. The summed E-state index contributed by atoms with van der Waals surface area (Å²) in [6, 6.07) is 4.98. The van der Waals surface area contributed by atoms with Crippen molar-refractivity contribution in [3.63, 3.8) is 0 Å². The van der Waals surface area contributed by atoms with Gasteiger partial charge in [-0.3, -0.25) is 4.79 Å². The molecular weight excluding hydrogens is 218 g/mol. The third-order valence-electron chi connectivity index (χ3n) is 2.65. The van der Waals surface area contributed by atoms with E-state index < -0.39 is 0 Å². The molecule has 1 amide bonds. The van der Waals surface area contributed by atoms with Crippen molar-refractivity contribution in [3.05, 3.63) is 23.8 Å². The molecule has 94 valence electrons. The molecule has 1 aromatic carbocycles. The molecule has 0 aliphatic carbocycles. The van der Waals surface area contributed by atoms with Crippen LogP contribution in [0.3, 0.4) is 0 Å². The highest BCUT2D eigenvalue weighted by molar-refractivity contribution is 5.94. The van der Waals surface area contributed by atoms with Gasteiger partial charge in [-0.2, -0.15) is 0 Å². The number of hydrogen-bond donors (Lipinski definition) is 2. The molecule has 0 unspecified atom stereocenters. The molecule has 0 aliphatic heterocycles. The van der Waals surface area contributed by atoms with Gasteiger partial charge < -0.3 is 15.1 Å². The van der Waals surface area contributed by atoms with Crippen molar-refractivity contribution in [3.8, 4) is 5.75 Å². The van der Waals surface area contributed by atoms with E-state index in [4.69, 9.17) is 5.11 Å². The van der Waals surface area contributed by atoms with Gasteiger partial charge in [0.25, 0.3) is 0 Å². The SMILES string of the molecule is CCN(C(=O)CCCO)c1cc(O)ccc1C. The molecule has 0 atom stereocenters. The molecule has 0 saturated heterocycles. The van der Waals surface area contributed by atoms with Crippen LogP contribution in [0.15, 0.2) is 18.2 Å². The second-order valence-electron chi connectivity index (χ2n) is 3.94. The minimum atomic E-state index is -0.0322. The summed E-state index contributed by atoms with van der Waals surface area (Å²) in [7, 11) is 0. The Hall–Kier alpha value is -1.55. The summed E-state index contributed by atoms with van der Waals surface area (Å²) in [5.74, 6) is 0.120. The van der Waals surface area contributed by atoms with Crippen molar-refractivity contribution in [1.29, 1.82) is 0 Å². The zero-order valence-corrected chi connectivity index (χ0v) is 10.3. The summed E-state index contributed by atoms with van der Waals surface area (Å²) in [5, 5.41) is 18.2. The molecule has 1 rings (SSSR count). The van der Waals surface area contributed by atoms with Crippen molar-refractivity contribution in [2.24, 2.45) is 0 Å². The van der Waals surface area contributed by atoms with Crippen molar-refractivity contribution < 1.29 is 15.0 Å². The molecule has 0 radical (unpaired) electrons. The lowest BCUT2D eigenvalue weighted by atomic mass is 10.1. The average molecular weight is 237 g/mol. The minimum absolute atomic E-state index is 0.0162. The Morgan fingerprint density at radius 3 is 2.71 bits per heavy atom. The molecule has 0 spiro atoms. The zero-order chi connectivity index (χ0) is 12.8. The van der Waals surface area contributed by atoms with Gasteiger partial charge in [-0.1, -0.05) is 6.07 Å². The molecule has 0 fully saturated rings. The number of aromatic hydroxyl groups is 1. The van der Waals surface area contributed by atoms with E-state index in [1.807, 2.05) is 13.8 Å². The molecule has 2 N–H and O–H groups in total. The monoisotopic (exact) mass is 237 g/mol. The van der Waals surface area contributed by atoms with Crippen molar-refractivity contribution in [2.45, 2.75) is 26.7 Å². The van der Waals surface area contributed by atoms with Gasteiger partial charge in [-0.25, -0.2) is 0 Å². The molecule has 0 heterocycles. The van der Waals surface area contributed by atoms with Crippen LogP contribution in [0.2, 0.25) is 0 Å². The number of aryl methyl sites for hydroxylation is 1. The number of aliphatic hydroxyl groups excluding tert-OH is 1. The topological polar surface area (TPSA) is 60.8 Å². The van der Waals surface area contributed by atoms with E-state index in [0.717, 1.165) is 11.3 Å². The maximum Gasteiger partial charge on any atom is 0.227 e. The van der Waals surface area contributed by atoms with E-state index in [0.29, 0.717) is 19.4 Å². The fraction of sp³-hybridized carbons (Fsp3) is 0.462. The summed E-state index contributed by atoms with van der Waals surface area (Å²) >= 11 is 0. The summed E-state index contributed by atoms with van der Waals surface area (Å²) in [5.41, 5.74) is 1.68. The van der Waals surface area contributed by atoms with Gasteiger partial charge in [-0.15, -0.1) is 0 Å². The molecule has 0 aromatic heterocycles. The summed E-state index contributed by atoms with van der Waals surface area (Å²) in [4.78, 5) is 13.6. The minimum Gasteiger partial charge on any atom is -0.508 e. The molecule has 4 heteroatoms. The normalized spacial score (nSPS) is 10.3. The summed E-state index contributed by atoms with van der Waals surface area (Å²) < 4.78 is 0. The van der Waals surface area contributed by atoms with Gasteiger partial charge in [0.2, 0.25) is 5.91 Å². The maximum atomic E-state index is 11.9. The molecule has 0 bridgehead atoms. The molecule has 0 aliphatic rings. The number of carbonyl (C=O) groups is 1. The second kappa shape index (κ2) is 6.25. The number of hydrogen-bond acceptors (Lipinski definition) is 3.